The first-order chi connectivity index (χ1) is 8.15. The van der Waals surface area contributed by atoms with E-state index in [1.165, 1.54) is 0 Å². The lowest BCUT2D eigenvalue weighted by Gasteiger charge is -2.36. The number of rotatable bonds is 4. The van der Waals surface area contributed by atoms with Crippen LogP contribution in [0.4, 0.5) is 0 Å². The van der Waals surface area contributed by atoms with Gasteiger partial charge in [0.05, 0.1) is 6.61 Å². The molecule has 0 spiro atoms. The summed E-state index contributed by atoms with van der Waals surface area (Å²) in [6.45, 7) is 11.3. The number of hydrogen-bond donors (Lipinski definition) is 1. The number of nitrogens with zero attached hydrogens (tertiary/aromatic N) is 1. The van der Waals surface area contributed by atoms with Crippen LogP contribution in [0.3, 0.4) is 0 Å². The van der Waals surface area contributed by atoms with E-state index in [1.807, 2.05) is 0 Å². The van der Waals surface area contributed by atoms with Gasteiger partial charge in [-0.1, -0.05) is 20.8 Å². The molecule has 0 saturated carbocycles. The number of aromatic nitrogens is 1. The molecule has 4 nitrogen and oxygen atoms in total. The largest absolute Gasteiger partial charge is 0.412 e. The van der Waals surface area contributed by atoms with Crippen LogP contribution in [-0.2, 0) is 11.0 Å². The summed E-state index contributed by atoms with van der Waals surface area (Å²) in [6, 6.07) is 1.63. The third kappa shape index (κ3) is 3.40. The molecule has 0 atom stereocenters. The lowest BCUT2D eigenvalue weighted by molar-refractivity contribution is 0.0997. The van der Waals surface area contributed by atoms with E-state index in [2.05, 4.69) is 38.8 Å². The molecule has 0 aliphatic carbocycles. The predicted molar refractivity (Wildman–Crippen MR) is 74.7 cm³/mol. The highest BCUT2D eigenvalue weighted by Gasteiger charge is 2.37. The van der Waals surface area contributed by atoms with Crippen molar-refractivity contribution in [2.45, 2.75) is 45.5 Å². The number of nitrogens with two attached hydrogens (primary N) is 1. The Bertz CT molecular complexity index is 439. The normalized spacial score (nSPS) is 12.5. The fraction of sp³-hybridized carbons (Fsp3) is 0.538. The fourth-order valence-electron chi connectivity index (χ4n) is 1.26. The molecule has 1 heterocycles. The topological polar surface area (TPSA) is 65.2 Å². The highest BCUT2D eigenvalue weighted by Crippen LogP contribution is 2.37. The van der Waals surface area contributed by atoms with Gasteiger partial charge in [0.1, 0.15) is 0 Å². The molecule has 0 radical (unpaired) electrons. The minimum Gasteiger partial charge on any atom is -0.412 e. The maximum absolute atomic E-state index is 11.3. The Morgan fingerprint density at radius 3 is 2.56 bits per heavy atom. The molecule has 0 aromatic carbocycles. The van der Waals surface area contributed by atoms with Crippen LogP contribution in [0.25, 0.3) is 0 Å². The number of carbonyl (C=O) groups is 1. The van der Waals surface area contributed by atoms with E-state index in [0.717, 1.165) is 5.56 Å². The van der Waals surface area contributed by atoms with Crippen LogP contribution in [0, 0.1) is 0 Å². The molecular weight excluding hydrogens is 244 g/mol. The summed E-state index contributed by atoms with van der Waals surface area (Å²) in [5.74, 6) is -0.439. The Hall–Kier alpha value is -1.20. The third-order valence-electron chi connectivity index (χ3n) is 3.56. The van der Waals surface area contributed by atoms with Crippen LogP contribution in [0.15, 0.2) is 18.5 Å². The van der Waals surface area contributed by atoms with E-state index < -0.39 is 14.2 Å². The van der Waals surface area contributed by atoms with E-state index in [1.54, 1.807) is 18.5 Å². The van der Waals surface area contributed by atoms with Crippen molar-refractivity contribution in [2.75, 3.05) is 0 Å². The first-order valence-electron chi connectivity index (χ1n) is 6.02. The Balaban J connectivity index is 2.85. The number of amides is 1. The van der Waals surface area contributed by atoms with Gasteiger partial charge in [-0.25, -0.2) is 0 Å². The quantitative estimate of drug-likeness (QED) is 0.852. The summed E-state index contributed by atoms with van der Waals surface area (Å²) in [4.78, 5) is 15.3. The molecule has 1 rings (SSSR count). The maximum atomic E-state index is 11.3. The zero-order valence-corrected chi connectivity index (χ0v) is 12.8. The van der Waals surface area contributed by atoms with Gasteiger partial charge in [0.2, 0.25) is 5.91 Å². The second-order valence-corrected chi connectivity index (χ2v) is 10.8. The van der Waals surface area contributed by atoms with Gasteiger partial charge >= 0.3 is 0 Å². The highest BCUT2D eigenvalue weighted by atomic mass is 28.4. The van der Waals surface area contributed by atoms with Crippen LogP contribution in [0.1, 0.15) is 36.7 Å². The molecule has 0 aliphatic heterocycles. The molecule has 0 aliphatic rings. The summed E-state index contributed by atoms with van der Waals surface area (Å²) >= 11 is 0. The summed E-state index contributed by atoms with van der Waals surface area (Å²) in [5.41, 5.74) is 6.58. The maximum Gasteiger partial charge on any atom is 0.249 e. The smallest absolute Gasteiger partial charge is 0.249 e. The lowest BCUT2D eigenvalue weighted by atomic mass is 10.1. The molecule has 100 valence electrons. The van der Waals surface area contributed by atoms with Gasteiger partial charge < -0.3 is 10.2 Å². The van der Waals surface area contributed by atoms with Gasteiger partial charge in [0, 0.05) is 23.5 Å². The van der Waals surface area contributed by atoms with Crippen molar-refractivity contribution >= 4 is 14.2 Å². The summed E-state index contributed by atoms with van der Waals surface area (Å²) in [5, 5.41) is 0.141. The number of carbonyl (C=O) groups excluding carboxylic acids is 1. The van der Waals surface area contributed by atoms with E-state index >= 15 is 0 Å². The Morgan fingerprint density at radius 2 is 2.06 bits per heavy atom. The molecule has 1 aromatic rings. The van der Waals surface area contributed by atoms with Crippen molar-refractivity contribution < 1.29 is 9.22 Å². The molecular formula is C13H22N2O2Si. The van der Waals surface area contributed by atoms with Crippen LogP contribution >= 0.6 is 0 Å². The van der Waals surface area contributed by atoms with Crippen molar-refractivity contribution in [2.24, 2.45) is 5.73 Å². The monoisotopic (exact) mass is 266 g/mol. The SMILES string of the molecule is CC(C)(C)[Si](C)(C)OCc1cnccc1C(N)=O. The fourth-order valence-corrected chi connectivity index (χ4v) is 2.21. The first kappa shape index (κ1) is 14.9. The molecule has 0 fully saturated rings. The number of pyridine rings is 1. The molecule has 18 heavy (non-hydrogen) atoms. The minimum absolute atomic E-state index is 0.141. The Labute approximate surface area is 110 Å². The Morgan fingerprint density at radius 1 is 1.44 bits per heavy atom. The van der Waals surface area contributed by atoms with Gasteiger partial charge in [-0.3, -0.25) is 9.78 Å². The third-order valence-corrected chi connectivity index (χ3v) is 8.04. The van der Waals surface area contributed by atoms with E-state index in [-0.39, 0.29) is 5.04 Å². The van der Waals surface area contributed by atoms with E-state index in [9.17, 15) is 4.79 Å². The van der Waals surface area contributed by atoms with Gasteiger partial charge in [-0.15, -0.1) is 0 Å². The van der Waals surface area contributed by atoms with Crippen LogP contribution < -0.4 is 5.73 Å². The summed E-state index contributed by atoms with van der Waals surface area (Å²) in [6.07, 6.45) is 3.21. The average molecular weight is 266 g/mol. The molecule has 0 saturated heterocycles. The average Bonchev–Trinajstić information content (AvgIpc) is 2.25. The van der Waals surface area contributed by atoms with Gasteiger partial charge in [-0.05, 0) is 24.2 Å². The van der Waals surface area contributed by atoms with Crippen molar-refractivity contribution in [3.05, 3.63) is 29.6 Å². The Kier molecular flexibility index (Phi) is 4.29. The number of primary amides is 1. The van der Waals surface area contributed by atoms with Gasteiger partial charge in [0.15, 0.2) is 8.32 Å². The lowest BCUT2D eigenvalue weighted by Crippen LogP contribution is -2.40. The zero-order chi connectivity index (χ0) is 14.0. The molecule has 0 bridgehead atoms. The molecule has 5 heteroatoms. The van der Waals surface area contributed by atoms with Crippen molar-refractivity contribution in [3.63, 3.8) is 0 Å². The van der Waals surface area contributed by atoms with Crippen LogP contribution in [-0.4, -0.2) is 19.2 Å². The standard InChI is InChI=1S/C13H22N2O2Si/c1-13(2,3)18(4,5)17-9-10-8-15-7-6-11(10)12(14)16/h6-8H,9H2,1-5H3,(H2,14,16). The van der Waals surface area contributed by atoms with Crippen molar-refractivity contribution in [3.8, 4) is 0 Å². The van der Waals surface area contributed by atoms with Gasteiger partial charge in [0.25, 0.3) is 0 Å². The predicted octanol–water partition coefficient (Wildman–Crippen LogP) is 2.70. The first-order valence-corrected chi connectivity index (χ1v) is 8.92. The van der Waals surface area contributed by atoms with E-state index in [0.29, 0.717) is 12.2 Å². The minimum atomic E-state index is -1.83. The summed E-state index contributed by atoms with van der Waals surface area (Å²) in [7, 11) is -1.83. The van der Waals surface area contributed by atoms with Crippen molar-refractivity contribution in [1.82, 2.24) is 4.98 Å². The highest BCUT2D eigenvalue weighted by molar-refractivity contribution is 6.74. The second kappa shape index (κ2) is 5.20. The van der Waals surface area contributed by atoms with Crippen LogP contribution in [0.5, 0.6) is 0 Å². The van der Waals surface area contributed by atoms with E-state index in [4.69, 9.17) is 10.2 Å². The molecule has 1 amide bonds. The molecule has 0 unspecified atom stereocenters. The zero-order valence-electron chi connectivity index (χ0n) is 11.8. The molecule has 2 N–H and O–H groups in total. The number of hydrogen-bond acceptors (Lipinski definition) is 3. The summed E-state index contributed by atoms with van der Waals surface area (Å²) < 4.78 is 6.06. The van der Waals surface area contributed by atoms with Gasteiger partial charge in [-0.2, -0.15) is 0 Å². The van der Waals surface area contributed by atoms with Crippen molar-refractivity contribution in [1.29, 1.82) is 0 Å². The molecule has 1 aromatic heterocycles. The van der Waals surface area contributed by atoms with Crippen LogP contribution in [0.2, 0.25) is 18.1 Å². The second-order valence-electron chi connectivity index (χ2n) is 5.95.